The minimum atomic E-state index is 0.805. The van der Waals surface area contributed by atoms with Crippen LogP contribution in [-0.4, -0.2) is 9.78 Å². The predicted molar refractivity (Wildman–Crippen MR) is 82.8 cm³/mol. The molecule has 0 bridgehead atoms. The van der Waals surface area contributed by atoms with Crippen LogP contribution in [0, 0.1) is 0 Å². The van der Waals surface area contributed by atoms with Gasteiger partial charge in [-0.15, -0.1) is 0 Å². The van der Waals surface area contributed by atoms with Crippen LogP contribution in [0.2, 0.25) is 0 Å². The maximum absolute atomic E-state index is 4.60. The molecule has 3 aromatic carbocycles. The van der Waals surface area contributed by atoms with Crippen molar-refractivity contribution < 1.29 is 0 Å². The maximum atomic E-state index is 4.60. The van der Waals surface area contributed by atoms with Crippen molar-refractivity contribution in [2.24, 2.45) is 0 Å². The molecular weight excluding hydrogens is 244 g/mol. The molecule has 0 saturated heterocycles. The lowest BCUT2D eigenvalue weighted by molar-refractivity contribution is 0.696. The average molecular weight is 258 g/mol. The van der Waals surface area contributed by atoms with E-state index in [4.69, 9.17) is 0 Å². The fourth-order valence-electron chi connectivity index (χ4n) is 2.62. The van der Waals surface area contributed by atoms with Crippen LogP contribution in [0.4, 0.5) is 0 Å². The molecular formula is C18H14N2. The first-order valence-electron chi connectivity index (χ1n) is 6.78. The Bertz CT molecular complexity index is 857. The van der Waals surface area contributed by atoms with Crippen LogP contribution < -0.4 is 0 Å². The minimum absolute atomic E-state index is 0.805. The molecule has 1 aromatic heterocycles. The molecule has 0 amide bonds. The van der Waals surface area contributed by atoms with E-state index in [1.54, 1.807) is 0 Å². The number of hydrogen-bond acceptors (Lipinski definition) is 1. The lowest BCUT2D eigenvalue weighted by atomic mass is 10.1. The van der Waals surface area contributed by atoms with Gasteiger partial charge in [0.15, 0.2) is 0 Å². The van der Waals surface area contributed by atoms with E-state index < -0.39 is 0 Å². The molecule has 0 aliphatic heterocycles. The Balaban J connectivity index is 1.72. The molecule has 4 rings (SSSR count). The highest BCUT2D eigenvalue weighted by atomic mass is 15.3. The highest BCUT2D eigenvalue weighted by Crippen LogP contribution is 2.17. The van der Waals surface area contributed by atoms with E-state index in [9.17, 15) is 0 Å². The van der Waals surface area contributed by atoms with Gasteiger partial charge in [0.1, 0.15) is 0 Å². The summed E-state index contributed by atoms with van der Waals surface area (Å²) in [6, 6.07) is 23.2. The fourth-order valence-corrected chi connectivity index (χ4v) is 2.62. The van der Waals surface area contributed by atoms with Crippen LogP contribution in [-0.2, 0) is 6.54 Å². The third kappa shape index (κ3) is 1.95. The molecule has 0 fully saturated rings. The summed E-state index contributed by atoms with van der Waals surface area (Å²) in [6.07, 6.45) is 2.10. The highest BCUT2D eigenvalue weighted by molar-refractivity contribution is 5.83. The molecule has 0 radical (unpaired) electrons. The zero-order chi connectivity index (χ0) is 13.4. The van der Waals surface area contributed by atoms with Crippen molar-refractivity contribution in [1.29, 1.82) is 0 Å². The molecule has 2 nitrogen and oxygen atoms in total. The highest BCUT2D eigenvalue weighted by Gasteiger charge is 2.01. The smallest absolute Gasteiger partial charge is 0.0923 e. The Morgan fingerprint density at radius 2 is 1.50 bits per heavy atom. The molecule has 4 aromatic rings. The standard InChI is InChI=1S/C18H14N2/c1-2-6-16-11-14(9-10-15(16)5-1)12-20-13-17-7-3-4-8-18(17)19-20/h1-11,13H,12H2. The van der Waals surface area contributed by atoms with Crippen LogP contribution in [0.3, 0.4) is 0 Å². The zero-order valence-electron chi connectivity index (χ0n) is 11.0. The first-order valence-corrected chi connectivity index (χ1v) is 6.78. The second-order valence-corrected chi connectivity index (χ2v) is 5.07. The quantitative estimate of drug-likeness (QED) is 0.526. The summed E-state index contributed by atoms with van der Waals surface area (Å²) in [6.45, 7) is 0.805. The number of rotatable bonds is 2. The van der Waals surface area contributed by atoms with Crippen molar-refractivity contribution in [2.45, 2.75) is 6.54 Å². The predicted octanol–water partition coefficient (Wildman–Crippen LogP) is 4.24. The van der Waals surface area contributed by atoms with E-state index in [-0.39, 0.29) is 0 Å². The van der Waals surface area contributed by atoms with Crippen molar-refractivity contribution >= 4 is 21.7 Å². The van der Waals surface area contributed by atoms with Gasteiger partial charge in [-0.3, -0.25) is 4.68 Å². The number of nitrogens with zero attached hydrogens (tertiary/aromatic N) is 2. The first-order chi connectivity index (χ1) is 9.88. The van der Waals surface area contributed by atoms with E-state index >= 15 is 0 Å². The third-order valence-electron chi connectivity index (χ3n) is 3.62. The summed E-state index contributed by atoms with van der Waals surface area (Å²) < 4.78 is 2.01. The van der Waals surface area contributed by atoms with Gasteiger partial charge in [0.25, 0.3) is 0 Å². The molecule has 0 N–H and O–H groups in total. The molecule has 20 heavy (non-hydrogen) atoms. The molecule has 0 aliphatic rings. The van der Waals surface area contributed by atoms with Gasteiger partial charge in [0, 0.05) is 11.6 Å². The van der Waals surface area contributed by atoms with E-state index in [1.165, 1.54) is 21.7 Å². The van der Waals surface area contributed by atoms with E-state index in [2.05, 4.69) is 59.8 Å². The van der Waals surface area contributed by atoms with Crippen LogP contribution in [0.15, 0.2) is 72.9 Å². The molecule has 0 atom stereocenters. The van der Waals surface area contributed by atoms with Gasteiger partial charge in [0.2, 0.25) is 0 Å². The van der Waals surface area contributed by atoms with Gasteiger partial charge in [-0.25, -0.2) is 0 Å². The van der Waals surface area contributed by atoms with E-state index in [0.717, 1.165) is 12.1 Å². The number of hydrogen-bond donors (Lipinski definition) is 0. The zero-order valence-corrected chi connectivity index (χ0v) is 11.0. The SMILES string of the molecule is c1ccc2cc(Cn3cc4ccccc4n3)ccc2c1. The van der Waals surface area contributed by atoms with Crippen molar-refractivity contribution in [1.82, 2.24) is 9.78 Å². The second-order valence-electron chi connectivity index (χ2n) is 5.07. The third-order valence-corrected chi connectivity index (χ3v) is 3.62. The lowest BCUT2D eigenvalue weighted by Gasteiger charge is -2.04. The summed E-state index contributed by atoms with van der Waals surface area (Å²) in [7, 11) is 0. The van der Waals surface area contributed by atoms with Crippen molar-refractivity contribution in [3.05, 3.63) is 78.5 Å². The Morgan fingerprint density at radius 1 is 0.750 bits per heavy atom. The Labute approximate surface area is 117 Å². The molecule has 2 heteroatoms. The molecule has 0 spiro atoms. The van der Waals surface area contributed by atoms with Crippen molar-refractivity contribution in [3.63, 3.8) is 0 Å². The first kappa shape index (κ1) is 11.2. The maximum Gasteiger partial charge on any atom is 0.0923 e. The molecule has 96 valence electrons. The Kier molecular flexibility index (Phi) is 2.52. The normalized spacial score (nSPS) is 11.2. The van der Waals surface area contributed by atoms with Gasteiger partial charge in [-0.1, -0.05) is 54.6 Å². The molecule has 0 aliphatic carbocycles. The van der Waals surface area contributed by atoms with Crippen molar-refractivity contribution in [3.8, 4) is 0 Å². The summed E-state index contributed by atoms with van der Waals surface area (Å²) >= 11 is 0. The second kappa shape index (κ2) is 4.49. The monoisotopic (exact) mass is 258 g/mol. The number of benzene rings is 3. The lowest BCUT2D eigenvalue weighted by Crippen LogP contribution is -1.99. The van der Waals surface area contributed by atoms with Gasteiger partial charge < -0.3 is 0 Å². The van der Waals surface area contributed by atoms with Crippen molar-refractivity contribution in [2.75, 3.05) is 0 Å². The molecule has 0 unspecified atom stereocenters. The summed E-state index contributed by atoms with van der Waals surface area (Å²) in [5, 5.41) is 8.35. The fraction of sp³-hybridized carbons (Fsp3) is 0.0556. The van der Waals surface area contributed by atoms with Gasteiger partial charge in [0.05, 0.1) is 12.1 Å². The van der Waals surface area contributed by atoms with Gasteiger partial charge in [-0.2, -0.15) is 5.10 Å². The van der Waals surface area contributed by atoms with Gasteiger partial charge in [-0.05, 0) is 28.5 Å². The van der Waals surface area contributed by atoms with Crippen LogP contribution in [0.5, 0.6) is 0 Å². The van der Waals surface area contributed by atoms with E-state index in [0.29, 0.717) is 0 Å². The van der Waals surface area contributed by atoms with Crippen LogP contribution >= 0.6 is 0 Å². The largest absolute Gasteiger partial charge is 0.267 e. The summed E-state index contributed by atoms with van der Waals surface area (Å²) in [4.78, 5) is 0. The molecule has 0 saturated carbocycles. The summed E-state index contributed by atoms with van der Waals surface area (Å²) in [5.74, 6) is 0. The summed E-state index contributed by atoms with van der Waals surface area (Å²) in [5.41, 5.74) is 2.32. The van der Waals surface area contributed by atoms with E-state index in [1.807, 2.05) is 22.9 Å². The number of fused-ring (bicyclic) bond motifs is 2. The minimum Gasteiger partial charge on any atom is -0.267 e. The van der Waals surface area contributed by atoms with Gasteiger partial charge >= 0.3 is 0 Å². The topological polar surface area (TPSA) is 17.8 Å². The van der Waals surface area contributed by atoms with Crippen LogP contribution in [0.1, 0.15) is 5.56 Å². The Morgan fingerprint density at radius 3 is 2.35 bits per heavy atom. The molecule has 1 heterocycles. The average Bonchev–Trinajstić information content (AvgIpc) is 2.89. The number of aromatic nitrogens is 2. The van der Waals surface area contributed by atoms with Crippen LogP contribution in [0.25, 0.3) is 21.7 Å². The Hall–Kier alpha value is -2.61.